The average Bonchev–Trinajstić information content (AvgIpc) is 3.13. The van der Waals surface area contributed by atoms with E-state index in [1.807, 2.05) is 12.1 Å². The van der Waals surface area contributed by atoms with E-state index in [2.05, 4.69) is 23.5 Å². The molecule has 136 valence electrons. The Kier molecular flexibility index (Phi) is 4.54. The van der Waals surface area contributed by atoms with Crippen molar-refractivity contribution in [3.05, 3.63) is 76.2 Å². The van der Waals surface area contributed by atoms with Crippen molar-refractivity contribution < 1.29 is 9.59 Å². The molecule has 0 radical (unpaired) electrons. The van der Waals surface area contributed by atoms with E-state index in [0.717, 1.165) is 12.8 Å². The van der Waals surface area contributed by atoms with Crippen LogP contribution in [0.25, 0.3) is 10.4 Å². The van der Waals surface area contributed by atoms with Crippen LogP contribution in [0.1, 0.15) is 31.2 Å². The van der Waals surface area contributed by atoms with E-state index >= 15 is 0 Å². The second-order valence-corrected chi connectivity index (χ2v) is 7.91. The molecule has 27 heavy (non-hydrogen) atoms. The van der Waals surface area contributed by atoms with E-state index < -0.39 is 0 Å². The number of benzene rings is 2. The number of carbonyl (C=O) groups is 2. The molecule has 2 aromatic carbocycles. The molecular formula is C22H20N2O2S. The summed E-state index contributed by atoms with van der Waals surface area (Å²) < 4.78 is 0. The maximum absolute atomic E-state index is 12.7. The molecule has 3 aromatic rings. The second kappa shape index (κ2) is 7.00. The lowest BCUT2D eigenvalue weighted by Crippen LogP contribution is -2.21. The van der Waals surface area contributed by atoms with E-state index in [1.54, 1.807) is 49.7 Å². The summed E-state index contributed by atoms with van der Waals surface area (Å²) >= 11 is 1.54. The third kappa shape index (κ3) is 3.38. The fraction of sp³-hybridized carbons (Fsp3) is 0.182. The van der Waals surface area contributed by atoms with Gasteiger partial charge in [-0.15, -0.1) is 11.3 Å². The second-order valence-electron chi connectivity index (χ2n) is 6.85. The van der Waals surface area contributed by atoms with Gasteiger partial charge in [0.2, 0.25) is 0 Å². The molecule has 1 heterocycles. The molecule has 1 aromatic heterocycles. The Morgan fingerprint density at radius 2 is 1.67 bits per heavy atom. The number of rotatable bonds is 3. The van der Waals surface area contributed by atoms with Crippen LogP contribution in [0.4, 0.5) is 5.69 Å². The number of fused-ring (bicyclic) bond motifs is 3. The van der Waals surface area contributed by atoms with Crippen molar-refractivity contribution in [2.24, 2.45) is 0 Å². The molecule has 4 nitrogen and oxygen atoms in total. The number of carbonyl (C=O) groups excluding carboxylic acids is 2. The number of nitrogens with one attached hydrogen (secondary N) is 1. The van der Waals surface area contributed by atoms with Crippen molar-refractivity contribution in [2.75, 3.05) is 19.4 Å². The Morgan fingerprint density at radius 1 is 0.963 bits per heavy atom. The van der Waals surface area contributed by atoms with Gasteiger partial charge >= 0.3 is 0 Å². The predicted molar refractivity (Wildman–Crippen MR) is 110 cm³/mol. The number of hydrogen-bond donors (Lipinski definition) is 1. The summed E-state index contributed by atoms with van der Waals surface area (Å²) in [4.78, 5) is 28.1. The van der Waals surface area contributed by atoms with Crippen molar-refractivity contribution in [1.82, 2.24) is 4.90 Å². The molecule has 0 fully saturated rings. The molecule has 0 bridgehead atoms. The highest BCUT2D eigenvalue weighted by molar-refractivity contribution is 7.17. The minimum atomic E-state index is -0.112. The Hall–Kier alpha value is -2.92. The molecule has 1 aliphatic rings. The average molecular weight is 376 g/mol. The standard InChI is InChI=1S/C22H20N2O2S/c1-24(2)22(26)15-9-11-17(12-10-15)23-21(25)19-13-16-8-7-14-5-3-4-6-18(14)20(16)27-19/h3-6,9-13H,7-8H2,1-2H3,(H,23,25). The third-order valence-electron chi connectivity index (χ3n) is 4.75. The molecule has 0 atom stereocenters. The van der Waals surface area contributed by atoms with Crippen LogP contribution < -0.4 is 5.32 Å². The van der Waals surface area contributed by atoms with Crippen LogP contribution in [0, 0.1) is 0 Å². The fourth-order valence-corrected chi connectivity index (χ4v) is 4.50. The summed E-state index contributed by atoms with van der Waals surface area (Å²) in [6.45, 7) is 0. The largest absolute Gasteiger partial charge is 0.345 e. The first kappa shape index (κ1) is 17.5. The molecule has 0 spiro atoms. The summed E-state index contributed by atoms with van der Waals surface area (Å²) in [5, 5.41) is 2.93. The van der Waals surface area contributed by atoms with Gasteiger partial charge in [-0.3, -0.25) is 9.59 Å². The van der Waals surface area contributed by atoms with E-state index in [0.29, 0.717) is 16.1 Å². The highest BCUT2D eigenvalue weighted by Gasteiger charge is 2.21. The van der Waals surface area contributed by atoms with Crippen LogP contribution in [0.5, 0.6) is 0 Å². The first-order valence-electron chi connectivity index (χ1n) is 8.87. The number of amides is 2. The van der Waals surface area contributed by atoms with E-state index in [1.165, 1.54) is 26.5 Å². The Labute approximate surface area is 162 Å². The summed E-state index contributed by atoms with van der Waals surface area (Å²) in [5.74, 6) is -0.170. The van der Waals surface area contributed by atoms with Crippen molar-refractivity contribution in [1.29, 1.82) is 0 Å². The molecular weight excluding hydrogens is 356 g/mol. The third-order valence-corrected chi connectivity index (χ3v) is 5.96. The van der Waals surface area contributed by atoms with Gasteiger partial charge in [-0.05, 0) is 59.9 Å². The summed E-state index contributed by atoms with van der Waals surface area (Å²) in [6.07, 6.45) is 1.99. The highest BCUT2D eigenvalue weighted by atomic mass is 32.1. The Bertz CT molecular complexity index is 1020. The van der Waals surface area contributed by atoms with Crippen molar-refractivity contribution in [3.8, 4) is 10.4 Å². The van der Waals surface area contributed by atoms with E-state index in [4.69, 9.17) is 0 Å². The lowest BCUT2D eigenvalue weighted by atomic mass is 9.91. The van der Waals surface area contributed by atoms with Gasteiger partial charge in [-0.25, -0.2) is 0 Å². The van der Waals surface area contributed by atoms with E-state index in [-0.39, 0.29) is 11.8 Å². The van der Waals surface area contributed by atoms with Crippen molar-refractivity contribution in [3.63, 3.8) is 0 Å². The molecule has 1 N–H and O–H groups in total. The highest BCUT2D eigenvalue weighted by Crippen LogP contribution is 2.39. The minimum absolute atomic E-state index is 0.0579. The molecule has 0 saturated carbocycles. The van der Waals surface area contributed by atoms with Crippen LogP contribution in [0.15, 0.2) is 54.6 Å². The quantitative estimate of drug-likeness (QED) is 0.733. The summed E-state index contributed by atoms with van der Waals surface area (Å²) in [7, 11) is 3.43. The number of anilines is 1. The molecule has 1 aliphatic carbocycles. The molecule has 2 amide bonds. The number of thiophene rings is 1. The molecule has 4 rings (SSSR count). The Morgan fingerprint density at radius 3 is 2.41 bits per heavy atom. The number of hydrogen-bond acceptors (Lipinski definition) is 3. The zero-order valence-electron chi connectivity index (χ0n) is 15.3. The van der Waals surface area contributed by atoms with Gasteiger partial charge in [0, 0.05) is 30.2 Å². The topological polar surface area (TPSA) is 49.4 Å². The zero-order valence-corrected chi connectivity index (χ0v) is 16.1. The molecule has 0 saturated heterocycles. The molecule has 0 aliphatic heterocycles. The minimum Gasteiger partial charge on any atom is -0.345 e. The maximum Gasteiger partial charge on any atom is 0.265 e. The van der Waals surface area contributed by atoms with Crippen molar-refractivity contribution in [2.45, 2.75) is 12.8 Å². The van der Waals surface area contributed by atoms with Crippen LogP contribution in [0.2, 0.25) is 0 Å². The van der Waals surface area contributed by atoms with Crippen LogP contribution >= 0.6 is 11.3 Å². The predicted octanol–water partition coefficient (Wildman–Crippen LogP) is 4.47. The summed E-state index contributed by atoms with van der Waals surface area (Å²) in [6, 6.07) is 17.4. The first-order valence-corrected chi connectivity index (χ1v) is 9.68. The monoisotopic (exact) mass is 376 g/mol. The van der Waals surface area contributed by atoms with Gasteiger partial charge in [0.15, 0.2) is 0 Å². The van der Waals surface area contributed by atoms with Gasteiger partial charge in [-0.1, -0.05) is 24.3 Å². The lowest BCUT2D eigenvalue weighted by Gasteiger charge is -2.15. The van der Waals surface area contributed by atoms with Crippen LogP contribution in [0.3, 0.4) is 0 Å². The van der Waals surface area contributed by atoms with Crippen LogP contribution in [-0.4, -0.2) is 30.8 Å². The van der Waals surface area contributed by atoms with Crippen LogP contribution in [-0.2, 0) is 12.8 Å². The van der Waals surface area contributed by atoms with E-state index in [9.17, 15) is 9.59 Å². The summed E-state index contributed by atoms with van der Waals surface area (Å²) in [5.41, 5.74) is 5.12. The maximum atomic E-state index is 12.7. The van der Waals surface area contributed by atoms with Crippen molar-refractivity contribution >= 4 is 28.8 Å². The SMILES string of the molecule is CN(C)C(=O)c1ccc(NC(=O)c2cc3c(s2)-c2ccccc2CC3)cc1. The number of nitrogens with zero attached hydrogens (tertiary/aromatic N) is 1. The molecule has 0 unspecified atom stereocenters. The van der Waals surface area contributed by atoms with Gasteiger partial charge < -0.3 is 10.2 Å². The Balaban J connectivity index is 1.53. The normalized spacial score (nSPS) is 12.1. The first-order chi connectivity index (χ1) is 13.0. The van der Waals surface area contributed by atoms with Gasteiger partial charge in [0.05, 0.1) is 4.88 Å². The zero-order chi connectivity index (χ0) is 19.0. The van der Waals surface area contributed by atoms with Gasteiger partial charge in [-0.2, -0.15) is 0 Å². The fourth-order valence-electron chi connectivity index (χ4n) is 3.33. The number of aryl methyl sites for hydroxylation is 2. The smallest absolute Gasteiger partial charge is 0.265 e. The van der Waals surface area contributed by atoms with Gasteiger partial charge in [0.25, 0.3) is 11.8 Å². The van der Waals surface area contributed by atoms with Gasteiger partial charge in [0.1, 0.15) is 0 Å². The lowest BCUT2D eigenvalue weighted by molar-refractivity contribution is 0.0827. The molecule has 5 heteroatoms.